The molecule has 2 N–H and O–H groups in total. The molecule has 5 heteroatoms. The van der Waals surface area contributed by atoms with Gasteiger partial charge < -0.3 is 15.2 Å². The first-order valence-corrected chi connectivity index (χ1v) is 7.41. The molecule has 0 bridgehead atoms. The molecule has 0 aliphatic heterocycles. The van der Waals surface area contributed by atoms with Crippen LogP contribution < -0.4 is 10.1 Å². The second kappa shape index (κ2) is 7.43. The molecule has 0 saturated heterocycles. The van der Waals surface area contributed by atoms with E-state index in [0.717, 1.165) is 11.3 Å². The number of aliphatic hydroxyl groups excluding tert-OH is 1. The van der Waals surface area contributed by atoms with Crippen molar-refractivity contribution in [2.24, 2.45) is 0 Å². The molecule has 112 valence electrons. The summed E-state index contributed by atoms with van der Waals surface area (Å²) in [5, 5.41) is 12.9. The van der Waals surface area contributed by atoms with Gasteiger partial charge in [-0.3, -0.25) is 0 Å². The van der Waals surface area contributed by atoms with E-state index in [1.165, 1.54) is 6.07 Å². The molecule has 2 aromatic carbocycles. The Morgan fingerprint density at radius 1 is 1.29 bits per heavy atom. The van der Waals surface area contributed by atoms with Crippen molar-refractivity contribution >= 4 is 21.6 Å². The molecule has 1 atom stereocenters. The van der Waals surface area contributed by atoms with Gasteiger partial charge in [0.15, 0.2) is 0 Å². The Hall–Kier alpha value is -1.59. The van der Waals surface area contributed by atoms with E-state index in [4.69, 9.17) is 4.74 Å². The third kappa shape index (κ3) is 4.72. The molecule has 0 fully saturated rings. The van der Waals surface area contributed by atoms with Crippen LogP contribution >= 0.6 is 15.9 Å². The van der Waals surface area contributed by atoms with Crippen molar-refractivity contribution in [1.82, 2.24) is 0 Å². The number of anilines is 1. The van der Waals surface area contributed by atoms with Gasteiger partial charge in [0.05, 0.1) is 4.47 Å². The molecule has 0 heterocycles. The van der Waals surface area contributed by atoms with E-state index in [-0.39, 0.29) is 19.0 Å². The average molecular weight is 354 g/mol. The summed E-state index contributed by atoms with van der Waals surface area (Å²) in [5.41, 5.74) is 1.64. The van der Waals surface area contributed by atoms with E-state index in [0.29, 0.717) is 10.2 Å². The van der Waals surface area contributed by atoms with Gasteiger partial charge >= 0.3 is 0 Å². The molecule has 0 radical (unpaired) electrons. The molecule has 3 nitrogen and oxygen atoms in total. The standard InChI is InChI=1S/C16H17BrFNO2/c1-11-4-2-3-5-16(11)21-10-13(20)9-19-12-6-7-14(17)15(18)8-12/h2-8,13,19-20H,9-10H2,1H3. The topological polar surface area (TPSA) is 41.5 Å². The number of benzene rings is 2. The highest BCUT2D eigenvalue weighted by Crippen LogP contribution is 2.19. The van der Waals surface area contributed by atoms with E-state index >= 15 is 0 Å². The van der Waals surface area contributed by atoms with Crippen LogP contribution in [0.25, 0.3) is 0 Å². The SMILES string of the molecule is Cc1ccccc1OCC(O)CNc1ccc(Br)c(F)c1. The second-order valence-electron chi connectivity index (χ2n) is 4.74. The van der Waals surface area contributed by atoms with E-state index < -0.39 is 6.10 Å². The number of hydrogen-bond donors (Lipinski definition) is 2. The van der Waals surface area contributed by atoms with Crippen LogP contribution in [-0.2, 0) is 0 Å². The van der Waals surface area contributed by atoms with Crippen LogP contribution in [0.4, 0.5) is 10.1 Å². The summed E-state index contributed by atoms with van der Waals surface area (Å²) in [5.74, 6) is 0.414. The van der Waals surface area contributed by atoms with Crippen molar-refractivity contribution in [3.05, 3.63) is 58.3 Å². The molecule has 21 heavy (non-hydrogen) atoms. The van der Waals surface area contributed by atoms with Gasteiger partial charge in [0, 0.05) is 12.2 Å². The zero-order valence-electron chi connectivity index (χ0n) is 11.6. The van der Waals surface area contributed by atoms with Crippen molar-refractivity contribution in [3.8, 4) is 5.75 Å². The summed E-state index contributed by atoms with van der Waals surface area (Å²) < 4.78 is 19.3. The molecule has 2 aromatic rings. The maximum absolute atomic E-state index is 13.3. The molecule has 1 unspecified atom stereocenters. The summed E-state index contributed by atoms with van der Waals surface area (Å²) in [6.07, 6.45) is -0.684. The second-order valence-corrected chi connectivity index (χ2v) is 5.59. The number of ether oxygens (including phenoxy) is 1. The summed E-state index contributed by atoms with van der Waals surface area (Å²) in [4.78, 5) is 0. The summed E-state index contributed by atoms with van der Waals surface area (Å²) in [6, 6.07) is 12.4. The highest BCUT2D eigenvalue weighted by atomic mass is 79.9. The van der Waals surface area contributed by atoms with Crippen molar-refractivity contribution in [2.75, 3.05) is 18.5 Å². The molecule has 0 aliphatic rings. The first-order valence-electron chi connectivity index (χ1n) is 6.61. The zero-order valence-corrected chi connectivity index (χ0v) is 13.2. The van der Waals surface area contributed by atoms with Gasteiger partial charge in [-0.15, -0.1) is 0 Å². The lowest BCUT2D eigenvalue weighted by Gasteiger charge is -2.15. The number of halogens is 2. The van der Waals surface area contributed by atoms with Crippen LogP contribution in [0.3, 0.4) is 0 Å². The quantitative estimate of drug-likeness (QED) is 0.830. The predicted molar refractivity (Wildman–Crippen MR) is 85.3 cm³/mol. The number of hydrogen-bond acceptors (Lipinski definition) is 3. The largest absolute Gasteiger partial charge is 0.491 e. The third-order valence-electron chi connectivity index (χ3n) is 2.99. The molecule has 0 spiro atoms. The van der Waals surface area contributed by atoms with Crippen molar-refractivity contribution in [2.45, 2.75) is 13.0 Å². The number of aliphatic hydroxyl groups is 1. The third-order valence-corrected chi connectivity index (χ3v) is 3.63. The van der Waals surface area contributed by atoms with Gasteiger partial charge in [-0.2, -0.15) is 0 Å². The van der Waals surface area contributed by atoms with Gasteiger partial charge in [-0.1, -0.05) is 18.2 Å². The van der Waals surface area contributed by atoms with E-state index in [1.54, 1.807) is 12.1 Å². The summed E-state index contributed by atoms with van der Waals surface area (Å²) in [6.45, 7) is 2.41. The summed E-state index contributed by atoms with van der Waals surface area (Å²) >= 11 is 3.09. The number of aryl methyl sites for hydroxylation is 1. The lowest BCUT2D eigenvalue weighted by atomic mass is 10.2. The molecule has 0 aliphatic carbocycles. The maximum atomic E-state index is 13.3. The Morgan fingerprint density at radius 2 is 2.05 bits per heavy atom. The van der Waals surface area contributed by atoms with Gasteiger partial charge in [0.2, 0.25) is 0 Å². The minimum atomic E-state index is -0.684. The Kier molecular flexibility index (Phi) is 5.59. The van der Waals surface area contributed by atoms with Gasteiger partial charge in [0.1, 0.15) is 24.3 Å². The molecular formula is C16H17BrFNO2. The van der Waals surface area contributed by atoms with Gasteiger partial charge in [-0.05, 0) is 52.7 Å². The Bertz CT molecular complexity index is 607. The molecule has 0 saturated carbocycles. The molecule has 0 aromatic heterocycles. The number of para-hydroxylation sites is 1. The number of rotatable bonds is 6. The van der Waals surface area contributed by atoms with Crippen molar-refractivity contribution in [3.63, 3.8) is 0 Å². The van der Waals surface area contributed by atoms with E-state index in [2.05, 4.69) is 21.2 Å². The van der Waals surface area contributed by atoms with Crippen molar-refractivity contribution in [1.29, 1.82) is 0 Å². The van der Waals surface area contributed by atoms with Gasteiger partial charge in [0.25, 0.3) is 0 Å². The van der Waals surface area contributed by atoms with Gasteiger partial charge in [-0.25, -0.2) is 4.39 Å². The lowest BCUT2D eigenvalue weighted by Crippen LogP contribution is -2.26. The first-order chi connectivity index (χ1) is 10.1. The molecule has 2 rings (SSSR count). The van der Waals surface area contributed by atoms with Crippen LogP contribution in [0.1, 0.15) is 5.56 Å². The lowest BCUT2D eigenvalue weighted by molar-refractivity contribution is 0.117. The fourth-order valence-electron chi connectivity index (χ4n) is 1.81. The van der Waals surface area contributed by atoms with E-state index in [1.807, 2.05) is 31.2 Å². The fourth-order valence-corrected chi connectivity index (χ4v) is 2.05. The van der Waals surface area contributed by atoms with Crippen LogP contribution in [0.5, 0.6) is 5.75 Å². The normalized spacial score (nSPS) is 12.0. The van der Waals surface area contributed by atoms with Crippen LogP contribution in [-0.4, -0.2) is 24.4 Å². The highest BCUT2D eigenvalue weighted by molar-refractivity contribution is 9.10. The van der Waals surface area contributed by atoms with Crippen LogP contribution in [0, 0.1) is 12.7 Å². The Balaban J connectivity index is 1.81. The zero-order chi connectivity index (χ0) is 15.2. The van der Waals surface area contributed by atoms with Crippen molar-refractivity contribution < 1.29 is 14.2 Å². The molecule has 0 amide bonds. The number of nitrogens with one attached hydrogen (secondary N) is 1. The first kappa shape index (κ1) is 15.8. The summed E-state index contributed by atoms with van der Waals surface area (Å²) in [7, 11) is 0. The monoisotopic (exact) mass is 353 g/mol. The minimum absolute atomic E-state index is 0.177. The fraction of sp³-hybridized carbons (Fsp3) is 0.250. The maximum Gasteiger partial charge on any atom is 0.139 e. The Labute approximate surface area is 131 Å². The average Bonchev–Trinajstić information content (AvgIpc) is 2.47. The van der Waals surface area contributed by atoms with Crippen LogP contribution in [0.15, 0.2) is 46.9 Å². The Morgan fingerprint density at radius 3 is 2.76 bits per heavy atom. The van der Waals surface area contributed by atoms with E-state index in [9.17, 15) is 9.50 Å². The molecular weight excluding hydrogens is 337 g/mol. The smallest absolute Gasteiger partial charge is 0.139 e. The highest BCUT2D eigenvalue weighted by Gasteiger charge is 2.07. The van der Waals surface area contributed by atoms with Crippen LogP contribution in [0.2, 0.25) is 0 Å². The predicted octanol–water partition coefficient (Wildman–Crippen LogP) is 3.75. The minimum Gasteiger partial charge on any atom is -0.491 e.